The molecule has 0 spiro atoms. The van der Waals surface area contributed by atoms with E-state index >= 15 is 0 Å². The van der Waals surface area contributed by atoms with Gasteiger partial charge in [0.25, 0.3) is 0 Å². The molecule has 90 valence electrons. The van der Waals surface area contributed by atoms with E-state index < -0.39 is 10.8 Å². The third kappa shape index (κ3) is 4.62. The molecular weight excluding hydrogens is 210 g/mol. The Morgan fingerprint density at radius 3 is 2.87 bits per heavy atom. The van der Waals surface area contributed by atoms with Crippen LogP contribution in [0.2, 0.25) is 0 Å². The van der Waals surface area contributed by atoms with Crippen LogP contribution in [0.3, 0.4) is 0 Å². The van der Waals surface area contributed by atoms with E-state index in [1.807, 2.05) is 6.92 Å². The first-order valence-electron chi connectivity index (χ1n) is 5.94. The standard InChI is InChI=1S/C11H23NO2S/c1-3-11(10-5-7-14-9-10)12-6-8-15(13)4-2/h10-12H,3-9H2,1-2H3. The van der Waals surface area contributed by atoms with Crippen LogP contribution >= 0.6 is 0 Å². The second-order valence-electron chi connectivity index (χ2n) is 4.03. The van der Waals surface area contributed by atoms with E-state index in [0.29, 0.717) is 12.0 Å². The van der Waals surface area contributed by atoms with Crippen molar-refractivity contribution in [2.24, 2.45) is 5.92 Å². The second-order valence-corrected chi connectivity index (χ2v) is 5.89. The van der Waals surface area contributed by atoms with Crippen molar-refractivity contribution in [3.63, 3.8) is 0 Å². The van der Waals surface area contributed by atoms with E-state index in [2.05, 4.69) is 12.2 Å². The Balaban J connectivity index is 2.18. The van der Waals surface area contributed by atoms with Gasteiger partial charge >= 0.3 is 0 Å². The summed E-state index contributed by atoms with van der Waals surface area (Å²) < 4.78 is 16.6. The predicted molar refractivity (Wildman–Crippen MR) is 64.6 cm³/mol. The molecule has 4 heteroatoms. The molecule has 0 saturated carbocycles. The van der Waals surface area contributed by atoms with Gasteiger partial charge in [-0.2, -0.15) is 0 Å². The Morgan fingerprint density at radius 1 is 1.53 bits per heavy atom. The van der Waals surface area contributed by atoms with Crippen LogP contribution in [0.5, 0.6) is 0 Å². The molecule has 0 radical (unpaired) electrons. The average Bonchev–Trinajstić information content (AvgIpc) is 2.77. The molecule has 1 heterocycles. The lowest BCUT2D eigenvalue weighted by Gasteiger charge is -2.22. The molecule has 0 aromatic carbocycles. The van der Waals surface area contributed by atoms with Gasteiger partial charge in [0, 0.05) is 41.5 Å². The molecule has 0 bridgehead atoms. The summed E-state index contributed by atoms with van der Waals surface area (Å²) in [6.07, 6.45) is 2.30. The highest BCUT2D eigenvalue weighted by atomic mass is 32.2. The van der Waals surface area contributed by atoms with E-state index in [4.69, 9.17) is 4.74 Å². The third-order valence-electron chi connectivity index (χ3n) is 3.03. The Bertz CT molecular complexity index is 193. The maximum Gasteiger partial charge on any atom is 0.0509 e. The van der Waals surface area contributed by atoms with Crippen LogP contribution < -0.4 is 5.32 Å². The van der Waals surface area contributed by atoms with Gasteiger partial charge in [0.1, 0.15) is 0 Å². The van der Waals surface area contributed by atoms with Gasteiger partial charge in [-0.15, -0.1) is 0 Å². The topological polar surface area (TPSA) is 38.3 Å². The summed E-state index contributed by atoms with van der Waals surface area (Å²) in [5.74, 6) is 2.20. The maximum absolute atomic E-state index is 11.2. The minimum Gasteiger partial charge on any atom is -0.381 e. The second kappa shape index (κ2) is 7.36. The van der Waals surface area contributed by atoms with Crippen molar-refractivity contribution in [2.45, 2.75) is 32.7 Å². The molecule has 3 unspecified atom stereocenters. The Hall–Kier alpha value is 0.0700. The Kier molecular flexibility index (Phi) is 6.45. The molecule has 1 aliphatic rings. The third-order valence-corrected chi connectivity index (χ3v) is 4.34. The van der Waals surface area contributed by atoms with Gasteiger partial charge in [-0.3, -0.25) is 4.21 Å². The molecule has 1 fully saturated rings. The predicted octanol–water partition coefficient (Wildman–Crippen LogP) is 1.16. The van der Waals surface area contributed by atoms with E-state index in [9.17, 15) is 4.21 Å². The summed E-state index contributed by atoms with van der Waals surface area (Å²) in [6, 6.07) is 0.543. The van der Waals surface area contributed by atoms with Crippen molar-refractivity contribution >= 4 is 10.8 Å². The van der Waals surface area contributed by atoms with Gasteiger partial charge in [0.05, 0.1) is 6.61 Å². The van der Waals surface area contributed by atoms with Crippen molar-refractivity contribution < 1.29 is 8.95 Å². The van der Waals surface area contributed by atoms with Gasteiger partial charge < -0.3 is 10.1 Å². The smallest absolute Gasteiger partial charge is 0.0509 e. The summed E-state index contributed by atoms with van der Waals surface area (Å²) in [7, 11) is -0.641. The van der Waals surface area contributed by atoms with Gasteiger partial charge in [-0.1, -0.05) is 13.8 Å². The van der Waals surface area contributed by atoms with Crippen LogP contribution in [-0.2, 0) is 15.5 Å². The van der Waals surface area contributed by atoms with Crippen molar-refractivity contribution in [3.8, 4) is 0 Å². The number of ether oxygens (including phenoxy) is 1. The lowest BCUT2D eigenvalue weighted by atomic mass is 9.97. The molecule has 1 rings (SSSR count). The van der Waals surface area contributed by atoms with E-state index in [1.54, 1.807) is 0 Å². The monoisotopic (exact) mass is 233 g/mol. The normalized spacial score (nSPS) is 25.3. The summed E-state index contributed by atoms with van der Waals surface area (Å²) in [6.45, 7) is 6.84. The summed E-state index contributed by atoms with van der Waals surface area (Å²) >= 11 is 0. The van der Waals surface area contributed by atoms with Gasteiger partial charge in [-0.05, 0) is 18.8 Å². The van der Waals surface area contributed by atoms with Crippen molar-refractivity contribution in [1.29, 1.82) is 0 Å². The quantitative estimate of drug-likeness (QED) is 0.717. The highest BCUT2D eigenvalue weighted by Crippen LogP contribution is 2.18. The molecule has 1 aliphatic heterocycles. The molecule has 1 N–H and O–H groups in total. The van der Waals surface area contributed by atoms with E-state index in [1.165, 1.54) is 6.42 Å². The summed E-state index contributed by atoms with van der Waals surface area (Å²) in [4.78, 5) is 0. The highest BCUT2D eigenvalue weighted by Gasteiger charge is 2.23. The molecule has 0 aliphatic carbocycles. The highest BCUT2D eigenvalue weighted by molar-refractivity contribution is 7.84. The van der Waals surface area contributed by atoms with Gasteiger partial charge in [0.2, 0.25) is 0 Å². The molecule has 15 heavy (non-hydrogen) atoms. The Morgan fingerprint density at radius 2 is 2.33 bits per heavy atom. The lowest BCUT2D eigenvalue weighted by molar-refractivity contribution is 0.176. The fraction of sp³-hybridized carbons (Fsp3) is 1.00. The molecule has 0 aromatic heterocycles. The van der Waals surface area contributed by atoms with Crippen LogP contribution in [0.25, 0.3) is 0 Å². The van der Waals surface area contributed by atoms with Crippen LogP contribution in [0, 0.1) is 5.92 Å². The molecule has 3 atom stereocenters. The van der Waals surface area contributed by atoms with Crippen LogP contribution in [0.4, 0.5) is 0 Å². The fourth-order valence-electron chi connectivity index (χ4n) is 2.02. The number of hydrogen-bond acceptors (Lipinski definition) is 3. The van der Waals surface area contributed by atoms with Crippen molar-refractivity contribution in [3.05, 3.63) is 0 Å². The average molecular weight is 233 g/mol. The van der Waals surface area contributed by atoms with Crippen molar-refractivity contribution in [2.75, 3.05) is 31.3 Å². The first kappa shape index (κ1) is 13.1. The summed E-state index contributed by atoms with van der Waals surface area (Å²) in [5.41, 5.74) is 0. The molecule has 0 amide bonds. The van der Waals surface area contributed by atoms with Crippen LogP contribution in [-0.4, -0.2) is 41.5 Å². The zero-order chi connectivity index (χ0) is 11.1. The zero-order valence-electron chi connectivity index (χ0n) is 9.83. The summed E-state index contributed by atoms with van der Waals surface area (Å²) in [5, 5.41) is 3.50. The molecule has 0 aromatic rings. The molecular formula is C11H23NO2S. The first-order valence-corrected chi connectivity index (χ1v) is 7.42. The Labute approximate surface area is 95.4 Å². The van der Waals surface area contributed by atoms with Gasteiger partial charge in [0.15, 0.2) is 0 Å². The minimum absolute atomic E-state index is 0.543. The zero-order valence-corrected chi connectivity index (χ0v) is 10.6. The first-order chi connectivity index (χ1) is 7.27. The number of nitrogens with one attached hydrogen (secondary N) is 1. The largest absolute Gasteiger partial charge is 0.381 e. The van der Waals surface area contributed by atoms with Crippen LogP contribution in [0.15, 0.2) is 0 Å². The number of rotatable bonds is 7. The van der Waals surface area contributed by atoms with E-state index in [-0.39, 0.29) is 0 Å². The van der Waals surface area contributed by atoms with E-state index in [0.717, 1.165) is 37.7 Å². The van der Waals surface area contributed by atoms with Crippen LogP contribution in [0.1, 0.15) is 26.7 Å². The molecule has 1 saturated heterocycles. The van der Waals surface area contributed by atoms with Gasteiger partial charge in [-0.25, -0.2) is 0 Å². The SMILES string of the molecule is CCC(NCCS(=O)CC)C1CCOC1. The fourth-order valence-corrected chi connectivity index (χ4v) is 2.65. The number of hydrogen-bond donors (Lipinski definition) is 1. The molecule has 3 nitrogen and oxygen atoms in total. The maximum atomic E-state index is 11.2. The minimum atomic E-state index is -0.641. The lowest BCUT2D eigenvalue weighted by Crippen LogP contribution is -2.38. The van der Waals surface area contributed by atoms with Crippen molar-refractivity contribution in [1.82, 2.24) is 5.32 Å².